The zero-order valence-corrected chi connectivity index (χ0v) is 19.1. The normalized spacial score (nSPS) is 11.4. The first-order valence-electron chi connectivity index (χ1n) is 10.0. The number of rotatable bonds is 9. The van der Waals surface area contributed by atoms with Gasteiger partial charge in [-0.1, -0.05) is 17.3 Å². The molecule has 0 aliphatic heterocycles. The Morgan fingerprint density at radius 2 is 1.73 bits per heavy atom. The van der Waals surface area contributed by atoms with Crippen molar-refractivity contribution in [1.29, 1.82) is 0 Å². The first-order chi connectivity index (χ1) is 15.9. The van der Waals surface area contributed by atoms with Gasteiger partial charge in [-0.2, -0.15) is 4.98 Å². The van der Waals surface area contributed by atoms with Crippen LogP contribution in [0.3, 0.4) is 0 Å². The molecule has 0 saturated heterocycles. The molecule has 0 radical (unpaired) electrons. The number of aromatic nitrogens is 2. The summed E-state index contributed by atoms with van der Waals surface area (Å²) in [6.07, 6.45) is 0. The van der Waals surface area contributed by atoms with Gasteiger partial charge >= 0.3 is 0 Å². The lowest BCUT2D eigenvalue weighted by Crippen LogP contribution is -2.05. The maximum Gasteiger partial charge on any atom is 0.293 e. The molecule has 33 heavy (non-hydrogen) atoms. The molecule has 4 aromatic rings. The van der Waals surface area contributed by atoms with E-state index in [1.165, 1.54) is 26.4 Å². The third-order valence-electron chi connectivity index (χ3n) is 4.77. The largest absolute Gasteiger partial charge is 0.493 e. The number of sulfone groups is 1. The number of nitrogens with zero attached hydrogens (tertiary/aromatic N) is 2. The number of methoxy groups -OCH3 is 2. The molecule has 0 atom stereocenters. The highest BCUT2D eigenvalue weighted by Crippen LogP contribution is 2.32. The highest BCUT2D eigenvalue weighted by Gasteiger charge is 2.22. The van der Waals surface area contributed by atoms with Crippen LogP contribution in [0, 0.1) is 0 Å². The lowest BCUT2D eigenvalue weighted by Gasteiger charge is -2.09. The molecule has 0 saturated carbocycles. The van der Waals surface area contributed by atoms with Crippen LogP contribution in [0.15, 0.2) is 68.4 Å². The smallest absolute Gasteiger partial charge is 0.293 e. The third-order valence-corrected chi connectivity index (χ3v) is 6.41. The van der Waals surface area contributed by atoms with E-state index < -0.39 is 9.84 Å². The van der Waals surface area contributed by atoms with Gasteiger partial charge in [0.1, 0.15) is 17.3 Å². The van der Waals surface area contributed by atoms with Crippen LogP contribution >= 0.6 is 0 Å². The van der Waals surface area contributed by atoms with Gasteiger partial charge in [-0.25, -0.2) is 8.42 Å². The van der Waals surface area contributed by atoms with Crippen LogP contribution in [0.2, 0.25) is 0 Å². The van der Waals surface area contributed by atoms with E-state index in [2.05, 4.69) is 10.1 Å². The molecule has 0 unspecified atom stereocenters. The molecule has 2 heterocycles. The van der Waals surface area contributed by atoms with Crippen molar-refractivity contribution in [2.45, 2.75) is 17.6 Å². The number of ether oxygens (including phenoxy) is 3. The predicted octanol–water partition coefficient (Wildman–Crippen LogP) is 4.39. The number of para-hydroxylation sites is 1. The number of hydrogen-bond donors (Lipinski definition) is 0. The molecule has 0 N–H and O–H groups in total. The van der Waals surface area contributed by atoms with Crippen LogP contribution in [0.4, 0.5) is 0 Å². The summed E-state index contributed by atoms with van der Waals surface area (Å²) in [4.78, 5) is 4.46. The molecule has 2 aromatic carbocycles. The Morgan fingerprint density at radius 1 is 0.939 bits per heavy atom. The lowest BCUT2D eigenvalue weighted by atomic mass is 10.2. The molecule has 9 nitrogen and oxygen atoms in total. The molecule has 0 aliphatic rings. The quantitative estimate of drug-likeness (QED) is 0.351. The Kier molecular flexibility index (Phi) is 6.36. The summed E-state index contributed by atoms with van der Waals surface area (Å²) < 4.78 is 52.8. The third kappa shape index (κ3) is 4.70. The maximum atomic E-state index is 12.9. The molecule has 0 spiro atoms. The number of furan rings is 1. The van der Waals surface area contributed by atoms with Crippen molar-refractivity contribution in [2.75, 3.05) is 20.8 Å². The van der Waals surface area contributed by atoms with Gasteiger partial charge in [0.15, 0.2) is 27.1 Å². The molecule has 0 fully saturated rings. The minimum atomic E-state index is -3.70. The summed E-state index contributed by atoms with van der Waals surface area (Å²) in [7, 11) is -0.778. The van der Waals surface area contributed by atoms with Gasteiger partial charge in [-0.15, -0.1) is 0 Å². The molecule has 10 heteroatoms. The van der Waals surface area contributed by atoms with E-state index in [1.54, 1.807) is 18.2 Å². The maximum absolute atomic E-state index is 12.9. The van der Waals surface area contributed by atoms with Gasteiger partial charge in [0.25, 0.3) is 5.89 Å². The highest BCUT2D eigenvalue weighted by molar-refractivity contribution is 7.90. The van der Waals surface area contributed by atoms with E-state index in [1.807, 2.05) is 31.2 Å². The van der Waals surface area contributed by atoms with Crippen LogP contribution in [0.25, 0.3) is 23.0 Å². The van der Waals surface area contributed by atoms with E-state index in [-0.39, 0.29) is 28.1 Å². The van der Waals surface area contributed by atoms with E-state index in [0.29, 0.717) is 35.2 Å². The minimum absolute atomic E-state index is 0.0886. The van der Waals surface area contributed by atoms with E-state index in [4.69, 9.17) is 23.2 Å². The molecular weight excluding hydrogens is 448 g/mol. The zero-order chi connectivity index (χ0) is 23.4. The van der Waals surface area contributed by atoms with Gasteiger partial charge in [0.2, 0.25) is 5.82 Å². The Morgan fingerprint density at radius 3 is 2.48 bits per heavy atom. The topological polar surface area (TPSA) is 114 Å². The highest BCUT2D eigenvalue weighted by atomic mass is 32.2. The number of benzene rings is 2. The molecule has 4 rings (SSSR count). The SMILES string of the molecule is CCOc1ccccc1-c1noc(-c2ccc(CS(=O)(=O)c3ccc(OC)c(OC)c3)o2)n1. The van der Waals surface area contributed by atoms with Crippen molar-refractivity contribution in [3.05, 3.63) is 60.4 Å². The summed E-state index contributed by atoms with van der Waals surface area (Å²) in [6.45, 7) is 2.39. The molecule has 0 amide bonds. The van der Waals surface area contributed by atoms with Crippen LogP contribution in [-0.2, 0) is 15.6 Å². The Bertz CT molecular complexity index is 1360. The number of hydrogen-bond acceptors (Lipinski definition) is 9. The predicted molar refractivity (Wildman–Crippen MR) is 119 cm³/mol. The lowest BCUT2D eigenvalue weighted by molar-refractivity contribution is 0.341. The standard InChI is InChI=1S/C23H22N2O7S/c1-4-30-18-8-6-5-7-17(18)22-24-23(32-25-22)20-11-9-15(31-20)14-33(26,27)16-10-12-19(28-2)21(13-16)29-3/h5-13H,4,14H2,1-3H3. The Hall–Kier alpha value is -3.79. The van der Waals surface area contributed by atoms with E-state index in [0.717, 1.165) is 0 Å². The second-order valence-electron chi connectivity index (χ2n) is 6.89. The second kappa shape index (κ2) is 9.37. The molecule has 2 aromatic heterocycles. The average molecular weight is 471 g/mol. The van der Waals surface area contributed by atoms with Crippen molar-refractivity contribution in [2.24, 2.45) is 0 Å². The average Bonchev–Trinajstić information content (AvgIpc) is 3.48. The van der Waals surface area contributed by atoms with E-state index >= 15 is 0 Å². The molecule has 172 valence electrons. The van der Waals surface area contributed by atoms with Crippen LogP contribution < -0.4 is 14.2 Å². The van der Waals surface area contributed by atoms with Crippen LogP contribution in [-0.4, -0.2) is 39.4 Å². The Balaban J connectivity index is 1.56. The van der Waals surface area contributed by atoms with Crippen molar-refractivity contribution >= 4 is 9.84 Å². The summed E-state index contributed by atoms with van der Waals surface area (Å²) >= 11 is 0. The summed E-state index contributed by atoms with van der Waals surface area (Å²) in [5, 5.41) is 4.00. The summed E-state index contributed by atoms with van der Waals surface area (Å²) in [6, 6.07) is 14.9. The summed E-state index contributed by atoms with van der Waals surface area (Å²) in [5.41, 5.74) is 0.678. The van der Waals surface area contributed by atoms with Crippen LogP contribution in [0.5, 0.6) is 17.2 Å². The Labute approximate surface area is 190 Å². The van der Waals surface area contributed by atoms with Gasteiger partial charge in [0.05, 0.1) is 31.3 Å². The fraction of sp³-hybridized carbons (Fsp3) is 0.217. The monoisotopic (exact) mass is 470 g/mol. The first-order valence-corrected chi connectivity index (χ1v) is 11.7. The fourth-order valence-electron chi connectivity index (χ4n) is 3.22. The van der Waals surface area contributed by atoms with Crippen molar-refractivity contribution in [3.63, 3.8) is 0 Å². The molecule has 0 aliphatic carbocycles. The van der Waals surface area contributed by atoms with Gasteiger partial charge in [-0.05, 0) is 43.3 Å². The van der Waals surface area contributed by atoms with Crippen molar-refractivity contribution < 1.29 is 31.6 Å². The van der Waals surface area contributed by atoms with Crippen molar-refractivity contribution in [3.8, 4) is 40.3 Å². The minimum Gasteiger partial charge on any atom is -0.493 e. The van der Waals surface area contributed by atoms with Gasteiger partial charge < -0.3 is 23.2 Å². The molecule has 0 bridgehead atoms. The van der Waals surface area contributed by atoms with Gasteiger partial charge in [0, 0.05) is 6.07 Å². The second-order valence-corrected chi connectivity index (χ2v) is 8.88. The zero-order valence-electron chi connectivity index (χ0n) is 18.3. The van der Waals surface area contributed by atoms with Crippen LogP contribution in [0.1, 0.15) is 12.7 Å². The van der Waals surface area contributed by atoms with Gasteiger partial charge in [-0.3, -0.25) is 0 Å². The first kappa shape index (κ1) is 22.4. The van der Waals surface area contributed by atoms with Crippen molar-refractivity contribution in [1.82, 2.24) is 10.1 Å². The fourth-order valence-corrected chi connectivity index (χ4v) is 4.48. The van der Waals surface area contributed by atoms with E-state index in [9.17, 15) is 8.42 Å². The summed E-state index contributed by atoms with van der Waals surface area (Å²) in [5.74, 6) is 2.01. The molecular formula is C23H22N2O7S.